The van der Waals surface area contributed by atoms with E-state index < -0.39 is 18.6 Å². The number of nitrogens with one attached hydrogen (secondary N) is 1. The van der Waals surface area contributed by atoms with Gasteiger partial charge in [-0.05, 0) is 36.6 Å². The second kappa shape index (κ2) is 7.16. The van der Waals surface area contributed by atoms with E-state index in [-0.39, 0.29) is 17.6 Å². The van der Waals surface area contributed by atoms with E-state index in [2.05, 4.69) is 15.2 Å². The van der Waals surface area contributed by atoms with E-state index in [1.165, 1.54) is 0 Å². The maximum atomic E-state index is 13.1. The molecule has 1 aromatic heterocycles. The number of hydrogen-bond donors (Lipinski definition) is 1. The van der Waals surface area contributed by atoms with Crippen LogP contribution in [0, 0.1) is 0 Å². The number of urea groups is 1. The number of alkyl halides is 3. The van der Waals surface area contributed by atoms with Gasteiger partial charge in [0.2, 0.25) is 0 Å². The molecule has 5 nitrogen and oxygen atoms in total. The maximum absolute atomic E-state index is 13.1. The van der Waals surface area contributed by atoms with Crippen LogP contribution < -0.4 is 15.1 Å². The normalized spacial score (nSPS) is 18.2. The van der Waals surface area contributed by atoms with Gasteiger partial charge >= 0.3 is 12.2 Å². The minimum atomic E-state index is -4.25. The zero-order chi connectivity index (χ0) is 19.9. The largest absolute Gasteiger partial charge is 0.389 e. The molecule has 1 N–H and O–H groups in total. The molecule has 0 radical (unpaired) electrons. The van der Waals surface area contributed by atoms with Gasteiger partial charge < -0.3 is 10.2 Å². The molecule has 2 aliphatic rings. The molecule has 4 rings (SSSR count). The second-order valence-corrected chi connectivity index (χ2v) is 7.32. The van der Waals surface area contributed by atoms with Crippen molar-refractivity contribution < 1.29 is 18.0 Å². The van der Waals surface area contributed by atoms with Crippen LogP contribution in [0.15, 0.2) is 36.4 Å². The summed E-state index contributed by atoms with van der Waals surface area (Å²) in [4.78, 5) is 21.1. The number of benzene rings is 1. The van der Waals surface area contributed by atoms with Crippen LogP contribution in [-0.4, -0.2) is 36.3 Å². The average molecular weight is 411 g/mol. The molecule has 1 fully saturated rings. The van der Waals surface area contributed by atoms with Crippen LogP contribution in [0.4, 0.5) is 35.2 Å². The van der Waals surface area contributed by atoms with E-state index in [4.69, 9.17) is 11.6 Å². The molecular formula is C19H18ClF3N4O. The minimum Gasteiger partial charge on any atom is -0.366 e. The van der Waals surface area contributed by atoms with Crippen LogP contribution >= 0.6 is 11.6 Å². The molecule has 3 heterocycles. The minimum absolute atomic E-state index is 0.0548. The van der Waals surface area contributed by atoms with E-state index in [1.807, 2.05) is 6.07 Å². The van der Waals surface area contributed by atoms with E-state index >= 15 is 0 Å². The van der Waals surface area contributed by atoms with Gasteiger partial charge in [0.05, 0.1) is 11.7 Å². The Hall–Kier alpha value is -2.48. The van der Waals surface area contributed by atoms with Gasteiger partial charge in [-0.25, -0.2) is 9.78 Å². The fourth-order valence-electron chi connectivity index (χ4n) is 3.76. The Morgan fingerprint density at radius 1 is 1.25 bits per heavy atom. The van der Waals surface area contributed by atoms with Crippen molar-refractivity contribution >= 4 is 34.8 Å². The Kier molecular flexibility index (Phi) is 4.82. The third-order valence-electron chi connectivity index (χ3n) is 5.07. The molecule has 0 spiro atoms. The lowest BCUT2D eigenvalue weighted by Crippen LogP contribution is -2.48. The molecule has 148 valence electrons. The molecular weight excluding hydrogens is 393 g/mol. The summed E-state index contributed by atoms with van der Waals surface area (Å²) < 4.78 is 37.8. The third kappa shape index (κ3) is 3.73. The first-order valence-corrected chi connectivity index (χ1v) is 9.36. The van der Waals surface area contributed by atoms with Crippen LogP contribution in [0.5, 0.6) is 0 Å². The number of nitrogens with zero attached hydrogens (tertiary/aromatic N) is 3. The quantitative estimate of drug-likeness (QED) is 0.735. The summed E-state index contributed by atoms with van der Waals surface area (Å²) in [7, 11) is 0. The monoisotopic (exact) mass is 410 g/mol. The van der Waals surface area contributed by atoms with E-state index in [9.17, 15) is 18.0 Å². The van der Waals surface area contributed by atoms with E-state index in [1.54, 1.807) is 35.2 Å². The van der Waals surface area contributed by atoms with Crippen molar-refractivity contribution in [2.24, 2.45) is 0 Å². The van der Waals surface area contributed by atoms with Crippen LogP contribution in [0.2, 0.25) is 5.15 Å². The van der Waals surface area contributed by atoms with Crippen LogP contribution in [0.25, 0.3) is 0 Å². The topological polar surface area (TPSA) is 48.5 Å². The highest BCUT2D eigenvalue weighted by Gasteiger charge is 2.40. The molecule has 1 saturated heterocycles. The van der Waals surface area contributed by atoms with Crippen molar-refractivity contribution in [3.05, 3.63) is 47.1 Å². The highest BCUT2D eigenvalue weighted by molar-refractivity contribution is 6.29. The van der Waals surface area contributed by atoms with E-state index in [0.29, 0.717) is 23.6 Å². The number of anilines is 3. The average Bonchev–Trinajstić information content (AvgIpc) is 3.04. The summed E-state index contributed by atoms with van der Waals surface area (Å²) in [5.74, 6) is 0.478. The first-order chi connectivity index (χ1) is 13.3. The SMILES string of the molecule is O=C(Nc1ccccc1CCC(F)(F)F)N1c2nc(Cl)ccc2N2CC[C@H]1C2. The number of para-hydroxylation sites is 1. The van der Waals surface area contributed by atoms with Gasteiger partial charge in [0.25, 0.3) is 0 Å². The molecule has 1 atom stereocenters. The fourth-order valence-corrected chi connectivity index (χ4v) is 3.90. The molecule has 2 aliphatic heterocycles. The zero-order valence-corrected chi connectivity index (χ0v) is 15.6. The smallest absolute Gasteiger partial charge is 0.366 e. The Morgan fingerprint density at radius 3 is 2.82 bits per heavy atom. The van der Waals surface area contributed by atoms with Gasteiger partial charge in [0.1, 0.15) is 5.15 Å². The highest BCUT2D eigenvalue weighted by Crippen LogP contribution is 2.39. The van der Waals surface area contributed by atoms with Crippen molar-refractivity contribution in [3.63, 3.8) is 0 Å². The van der Waals surface area contributed by atoms with Crippen LogP contribution in [-0.2, 0) is 6.42 Å². The number of pyridine rings is 1. The van der Waals surface area contributed by atoms with Crippen LogP contribution in [0.3, 0.4) is 0 Å². The maximum Gasteiger partial charge on any atom is 0.389 e. The molecule has 2 amide bonds. The van der Waals surface area contributed by atoms with Crippen molar-refractivity contribution in [1.29, 1.82) is 0 Å². The predicted octanol–water partition coefficient (Wildman–Crippen LogP) is 4.86. The molecule has 0 saturated carbocycles. The molecule has 28 heavy (non-hydrogen) atoms. The number of aryl methyl sites for hydroxylation is 1. The summed E-state index contributed by atoms with van der Waals surface area (Å²) in [6.07, 6.45) is -4.60. The molecule has 1 aromatic carbocycles. The Bertz CT molecular complexity index is 905. The number of fused-ring (bicyclic) bond motifs is 4. The van der Waals surface area contributed by atoms with Crippen molar-refractivity contribution in [1.82, 2.24) is 4.98 Å². The molecule has 0 aliphatic carbocycles. The summed E-state index contributed by atoms with van der Waals surface area (Å²) in [5.41, 5.74) is 1.65. The first kappa shape index (κ1) is 18.9. The number of halogens is 4. The third-order valence-corrected chi connectivity index (χ3v) is 5.28. The Balaban J connectivity index is 1.59. The number of carbonyl (C=O) groups is 1. The summed E-state index contributed by atoms with van der Waals surface area (Å²) >= 11 is 6.04. The van der Waals surface area contributed by atoms with Gasteiger partial charge in [0, 0.05) is 25.2 Å². The van der Waals surface area contributed by atoms with E-state index in [0.717, 1.165) is 18.7 Å². The lowest BCUT2D eigenvalue weighted by molar-refractivity contribution is -0.133. The Morgan fingerprint density at radius 2 is 2.04 bits per heavy atom. The predicted molar refractivity (Wildman–Crippen MR) is 102 cm³/mol. The molecule has 9 heteroatoms. The first-order valence-electron chi connectivity index (χ1n) is 8.98. The number of carbonyl (C=O) groups excluding carboxylic acids is 1. The van der Waals surface area contributed by atoms with Crippen molar-refractivity contribution in [2.75, 3.05) is 28.2 Å². The van der Waals surface area contributed by atoms with Gasteiger partial charge in [-0.1, -0.05) is 29.8 Å². The van der Waals surface area contributed by atoms with Crippen LogP contribution in [0.1, 0.15) is 18.4 Å². The number of amides is 2. The molecule has 2 aromatic rings. The molecule has 2 bridgehead atoms. The second-order valence-electron chi connectivity index (χ2n) is 6.94. The van der Waals surface area contributed by atoms with Gasteiger partial charge in [-0.15, -0.1) is 0 Å². The summed E-state index contributed by atoms with van der Waals surface area (Å²) in [6.45, 7) is 1.51. The summed E-state index contributed by atoms with van der Waals surface area (Å²) in [5, 5.41) is 3.06. The lowest BCUT2D eigenvalue weighted by atomic mass is 10.1. The van der Waals surface area contributed by atoms with Gasteiger partial charge in [0.15, 0.2) is 5.82 Å². The number of hydrogen-bond acceptors (Lipinski definition) is 3. The fraction of sp³-hybridized carbons (Fsp3) is 0.368. The van der Waals surface area contributed by atoms with Gasteiger partial charge in [-0.3, -0.25) is 4.90 Å². The van der Waals surface area contributed by atoms with Gasteiger partial charge in [-0.2, -0.15) is 13.2 Å². The number of rotatable bonds is 3. The standard InChI is InChI=1S/C19H18ClF3N4O/c20-16-6-5-15-17(25-16)27(13-8-10-26(15)11-13)18(28)24-14-4-2-1-3-12(14)7-9-19(21,22)23/h1-6,13H,7-11H2,(H,24,28)/t13-/m0/s1. The lowest BCUT2D eigenvalue weighted by Gasteiger charge is -2.35. The number of aromatic nitrogens is 1. The summed E-state index contributed by atoms with van der Waals surface area (Å²) in [6, 6.07) is 9.60. The van der Waals surface area contributed by atoms with Crippen molar-refractivity contribution in [3.8, 4) is 0 Å². The van der Waals surface area contributed by atoms with Crippen molar-refractivity contribution in [2.45, 2.75) is 31.5 Å². The Labute approximate surface area is 165 Å². The molecule has 0 unspecified atom stereocenters. The zero-order valence-electron chi connectivity index (χ0n) is 14.8. The highest BCUT2D eigenvalue weighted by atomic mass is 35.5.